The lowest BCUT2D eigenvalue weighted by Gasteiger charge is -2.05. The summed E-state index contributed by atoms with van der Waals surface area (Å²) in [5.74, 6) is -0.136. The van der Waals surface area contributed by atoms with E-state index < -0.39 is 0 Å². The molecular formula is C15H12N4O2. The third-order valence-corrected chi connectivity index (χ3v) is 3.02. The van der Waals surface area contributed by atoms with E-state index in [0.29, 0.717) is 16.5 Å². The molecule has 0 radical (unpaired) electrons. The first kappa shape index (κ1) is 13.0. The van der Waals surface area contributed by atoms with Gasteiger partial charge in [-0.3, -0.25) is 14.9 Å². The number of H-pyrrole nitrogens is 1. The van der Waals surface area contributed by atoms with Crippen LogP contribution in [0.4, 0.5) is 5.95 Å². The van der Waals surface area contributed by atoms with Crippen molar-refractivity contribution < 1.29 is 4.79 Å². The minimum absolute atomic E-state index is 0.119. The third kappa shape index (κ3) is 2.64. The van der Waals surface area contributed by atoms with Gasteiger partial charge < -0.3 is 4.98 Å². The molecule has 0 atom stereocenters. The van der Waals surface area contributed by atoms with Gasteiger partial charge in [0.15, 0.2) is 5.43 Å². The molecule has 1 amide bonds. The average molecular weight is 280 g/mol. The summed E-state index contributed by atoms with van der Waals surface area (Å²) in [7, 11) is 0. The maximum atomic E-state index is 12.1. The highest BCUT2D eigenvalue weighted by Gasteiger charge is 2.09. The maximum absolute atomic E-state index is 12.1. The van der Waals surface area contributed by atoms with Crippen molar-refractivity contribution in [3.8, 4) is 0 Å². The van der Waals surface area contributed by atoms with Crippen LogP contribution in [-0.2, 0) is 0 Å². The van der Waals surface area contributed by atoms with Gasteiger partial charge >= 0.3 is 0 Å². The Morgan fingerprint density at radius 1 is 1.19 bits per heavy atom. The molecule has 0 aliphatic carbocycles. The Kier molecular flexibility index (Phi) is 3.19. The highest BCUT2D eigenvalue weighted by molar-refractivity contribution is 6.05. The lowest BCUT2D eigenvalue weighted by Crippen LogP contribution is -2.14. The zero-order valence-electron chi connectivity index (χ0n) is 11.3. The van der Waals surface area contributed by atoms with Crippen LogP contribution in [0.2, 0.25) is 0 Å². The molecule has 3 aromatic rings. The lowest BCUT2D eigenvalue weighted by molar-refractivity contribution is 0.102. The minimum atomic E-state index is -0.358. The number of rotatable bonds is 2. The number of fused-ring (bicyclic) bond motifs is 1. The number of aryl methyl sites for hydroxylation is 1. The van der Waals surface area contributed by atoms with Gasteiger partial charge in [-0.15, -0.1) is 0 Å². The fourth-order valence-electron chi connectivity index (χ4n) is 2.06. The van der Waals surface area contributed by atoms with Gasteiger partial charge in [-0.25, -0.2) is 9.97 Å². The summed E-state index contributed by atoms with van der Waals surface area (Å²) in [6.07, 6.45) is 3.08. The Bertz CT molecular complexity index is 872. The number of aromatic amines is 1. The predicted octanol–water partition coefficient (Wildman–Crippen LogP) is 1.88. The van der Waals surface area contributed by atoms with E-state index in [1.54, 1.807) is 24.3 Å². The summed E-state index contributed by atoms with van der Waals surface area (Å²) < 4.78 is 0. The number of hydrogen-bond acceptors (Lipinski definition) is 4. The smallest absolute Gasteiger partial charge is 0.258 e. The Balaban J connectivity index is 1.98. The third-order valence-electron chi connectivity index (χ3n) is 3.02. The van der Waals surface area contributed by atoms with Crippen molar-refractivity contribution in [2.45, 2.75) is 6.92 Å². The minimum Gasteiger partial charge on any atom is -0.358 e. The first-order chi connectivity index (χ1) is 10.1. The van der Waals surface area contributed by atoms with E-state index in [1.807, 2.05) is 6.92 Å². The Labute approximate surface area is 119 Å². The van der Waals surface area contributed by atoms with Crippen LogP contribution in [0.15, 0.2) is 47.5 Å². The van der Waals surface area contributed by atoms with Gasteiger partial charge in [-0.1, -0.05) is 0 Å². The van der Waals surface area contributed by atoms with Crippen LogP contribution in [0.3, 0.4) is 0 Å². The molecule has 0 spiro atoms. The lowest BCUT2D eigenvalue weighted by atomic mass is 10.1. The SMILES string of the molecule is Cc1cc(=O)c2cc(C(=O)Nc3ncccn3)ccc2[nH]1. The van der Waals surface area contributed by atoms with Gasteiger partial charge in [0, 0.05) is 40.6 Å². The van der Waals surface area contributed by atoms with Crippen molar-refractivity contribution in [2.24, 2.45) is 0 Å². The molecule has 0 aliphatic rings. The van der Waals surface area contributed by atoms with Gasteiger partial charge in [0.1, 0.15) is 0 Å². The number of aromatic nitrogens is 3. The molecule has 0 fully saturated rings. The number of amides is 1. The van der Waals surface area contributed by atoms with Crippen molar-refractivity contribution >= 4 is 22.8 Å². The first-order valence-corrected chi connectivity index (χ1v) is 6.35. The number of pyridine rings is 1. The highest BCUT2D eigenvalue weighted by atomic mass is 16.1. The molecule has 2 aromatic heterocycles. The van der Waals surface area contributed by atoms with Crippen molar-refractivity contribution in [1.29, 1.82) is 0 Å². The molecule has 6 nitrogen and oxygen atoms in total. The van der Waals surface area contributed by atoms with Gasteiger partial charge in [0.05, 0.1) is 0 Å². The van der Waals surface area contributed by atoms with Crippen LogP contribution in [0.5, 0.6) is 0 Å². The molecule has 1 aromatic carbocycles. The summed E-state index contributed by atoms with van der Waals surface area (Å²) in [4.78, 5) is 35.0. The zero-order chi connectivity index (χ0) is 14.8. The molecule has 0 aliphatic heterocycles. The van der Waals surface area contributed by atoms with Crippen molar-refractivity contribution in [1.82, 2.24) is 15.0 Å². The van der Waals surface area contributed by atoms with Crippen molar-refractivity contribution in [3.05, 3.63) is 64.2 Å². The first-order valence-electron chi connectivity index (χ1n) is 6.35. The summed E-state index contributed by atoms with van der Waals surface area (Å²) in [5, 5.41) is 3.05. The molecule has 2 heterocycles. The molecule has 6 heteroatoms. The number of nitrogens with zero attached hydrogens (tertiary/aromatic N) is 2. The number of carbonyl (C=O) groups is 1. The van der Waals surface area contributed by atoms with Crippen LogP contribution >= 0.6 is 0 Å². The molecule has 2 N–H and O–H groups in total. The Hall–Kier alpha value is -3.02. The molecule has 0 saturated heterocycles. The monoisotopic (exact) mass is 280 g/mol. The average Bonchev–Trinajstić information content (AvgIpc) is 2.47. The molecule has 21 heavy (non-hydrogen) atoms. The van der Waals surface area contributed by atoms with E-state index in [1.165, 1.54) is 18.5 Å². The van der Waals surface area contributed by atoms with E-state index in [2.05, 4.69) is 20.3 Å². The number of hydrogen-bond donors (Lipinski definition) is 2. The Morgan fingerprint density at radius 3 is 2.71 bits per heavy atom. The summed E-state index contributed by atoms with van der Waals surface area (Å²) in [6.45, 7) is 1.81. The second-order valence-electron chi connectivity index (χ2n) is 4.60. The van der Waals surface area contributed by atoms with Crippen LogP contribution in [-0.4, -0.2) is 20.9 Å². The van der Waals surface area contributed by atoms with E-state index in [0.717, 1.165) is 5.69 Å². The summed E-state index contributed by atoms with van der Waals surface area (Å²) in [6, 6.07) is 8.09. The molecular weight excluding hydrogens is 268 g/mol. The van der Waals surface area contributed by atoms with E-state index in [-0.39, 0.29) is 17.3 Å². The number of anilines is 1. The molecule has 3 rings (SSSR count). The standard InChI is InChI=1S/C15H12N4O2/c1-9-7-13(20)11-8-10(3-4-12(11)18-9)14(21)19-15-16-5-2-6-17-15/h2-8H,1H3,(H,18,20)(H,16,17,19,21). The van der Waals surface area contributed by atoms with Crippen LogP contribution < -0.4 is 10.7 Å². The fourth-order valence-corrected chi connectivity index (χ4v) is 2.06. The molecule has 0 bridgehead atoms. The normalized spacial score (nSPS) is 10.5. The summed E-state index contributed by atoms with van der Waals surface area (Å²) >= 11 is 0. The molecule has 104 valence electrons. The van der Waals surface area contributed by atoms with Crippen LogP contribution in [0, 0.1) is 6.92 Å². The number of nitrogens with one attached hydrogen (secondary N) is 2. The Morgan fingerprint density at radius 2 is 1.95 bits per heavy atom. The predicted molar refractivity (Wildman–Crippen MR) is 79.3 cm³/mol. The molecule has 0 unspecified atom stereocenters. The van der Waals surface area contributed by atoms with Gasteiger partial charge in [-0.05, 0) is 31.2 Å². The second-order valence-corrected chi connectivity index (χ2v) is 4.60. The van der Waals surface area contributed by atoms with Gasteiger partial charge in [-0.2, -0.15) is 0 Å². The van der Waals surface area contributed by atoms with Crippen LogP contribution in [0.25, 0.3) is 10.9 Å². The van der Waals surface area contributed by atoms with E-state index in [9.17, 15) is 9.59 Å². The van der Waals surface area contributed by atoms with E-state index >= 15 is 0 Å². The largest absolute Gasteiger partial charge is 0.358 e. The number of carbonyl (C=O) groups excluding carboxylic acids is 1. The van der Waals surface area contributed by atoms with Gasteiger partial charge in [0.2, 0.25) is 5.95 Å². The number of benzene rings is 1. The topological polar surface area (TPSA) is 87.7 Å². The zero-order valence-corrected chi connectivity index (χ0v) is 11.3. The maximum Gasteiger partial charge on any atom is 0.258 e. The molecule has 0 saturated carbocycles. The van der Waals surface area contributed by atoms with Gasteiger partial charge in [0.25, 0.3) is 5.91 Å². The summed E-state index contributed by atoms with van der Waals surface area (Å²) in [5.41, 5.74) is 1.74. The highest BCUT2D eigenvalue weighted by Crippen LogP contribution is 2.12. The van der Waals surface area contributed by atoms with E-state index in [4.69, 9.17) is 0 Å². The quantitative estimate of drug-likeness (QED) is 0.750. The van der Waals surface area contributed by atoms with Crippen molar-refractivity contribution in [3.63, 3.8) is 0 Å². The second kappa shape index (κ2) is 5.16. The van der Waals surface area contributed by atoms with Crippen LogP contribution in [0.1, 0.15) is 16.1 Å². The fraction of sp³-hybridized carbons (Fsp3) is 0.0667. The van der Waals surface area contributed by atoms with Crippen molar-refractivity contribution in [2.75, 3.05) is 5.32 Å².